The molecular weight excluding hydrogens is 252 g/mol. The standard InChI is InChI=1S/C15H32OSi2/c1-15(2,3)18(7,8)14-12-10-9-11-13(14)16-17(4,5)6/h11,14H,9-10,12H2,1-8H3/t14-/m1/s1. The molecule has 0 aromatic rings. The largest absolute Gasteiger partial charge is 0.548 e. The zero-order valence-corrected chi connectivity index (χ0v) is 15.7. The smallest absolute Gasteiger partial charge is 0.241 e. The van der Waals surface area contributed by atoms with Gasteiger partial charge in [0.1, 0.15) is 0 Å². The van der Waals surface area contributed by atoms with Crippen molar-refractivity contribution in [2.24, 2.45) is 0 Å². The topological polar surface area (TPSA) is 9.23 Å². The normalized spacial score (nSPS) is 22.7. The molecule has 0 N–H and O–H groups in total. The van der Waals surface area contributed by atoms with Crippen LogP contribution in [-0.4, -0.2) is 16.4 Å². The molecule has 1 aliphatic carbocycles. The van der Waals surface area contributed by atoms with Crippen LogP contribution in [-0.2, 0) is 4.43 Å². The third kappa shape index (κ3) is 3.73. The van der Waals surface area contributed by atoms with Gasteiger partial charge in [0.15, 0.2) is 0 Å². The molecule has 0 aromatic heterocycles. The Morgan fingerprint density at radius 2 is 1.67 bits per heavy atom. The first-order valence-corrected chi connectivity index (χ1v) is 13.8. The molecule has 0 aromatic carbocycles. The lowest BCUT2D eigenvalue weighted by molar-refractivity contribution is 0.372. The third-order valence-corrected chi connectivity index (χ3v) is 11.6. The van der Waals surface area contributed by atoms with Crippen molar-refractivity contribution in [2.45, 2.75) is 83.3 Å². The molecule has 0 heterocycles. The predicted octanol–water partition coefficient (Wildman–Crippen LogP) is 5.78. The third-order valence-electron chi connectivity index (χ3n) is 4.61. The highest BCUT2D eigenvalue weighted by Gasteiger charge is 2.45. The minimum Gasteiger partial charge on any atom is -0.548 e. The van der Waals surface area contributed by atoms with E-state index in [1.165, 1.54) is 25.0 Å². The Morgan fingerprint density at radius 3 is 2.11 bits per heavy atom. The summed E-state index contributed by atoms with van der Waals surface area (Å²) in [7, 11) is -2.81. The van der Waals surface area contributed by atoms with E-state index in [2.05, 4.69) is 59.6 Å². The van der Waals surface area contributed by atoms with E-state index in [0.717, 1.165) is 5.54 Å². The minimum absolute atomic E-state index is 0.441. The number of allylic oxidation sites excluding steroid dienone is 2. The van der Waals surface area contributed by atoms with Gasteiger partial charge in [-0.25, -0.2) is 0 Å². The van der Waals surface area contributed by atoms with Gasteiger partial charge in [-0.05, 0) is 50.0 Å². The van der Waals surface area contributed by atoms with Crippen LogP contribution in [0.2, 0.25) is 43.3 Å². The van der Waals surface area contributed by atoms with Gasteiger partial charge in [-0.15, -0.1) is 0 Å². The van der Waals surface area contributed by atoms with E-state index in [1.54, 1.807) is 0 Å². The van der Waals surface area contributed by atoms with Gasteiger partial charge in [0.2, 0.25) is 8.32 Å². The molecule has 106 valence electrons. The van der Waals surface area contributed by atoms with Crippen LogP contribution in [0.1, 0.15) is 40.0 Å². The maximum Gasteiger partial charge on any atom is 0.241 e. The zero-order chi connectivity index (χ0) is 14.2. The summed E-state index contributed by atoms with van der Waals surface area (Å²) < 4.78 is 6.41. The summed E-state index contributed by atoms with van der Waals surface area (Å²) in [5.74, 6) is 1.35. The molecule has 1 nitrogen and oxygen atoms in total. The van der Waals surface area contributed by atoms with Gasteiger partial charge in [-0.3, -0.25) is 0 Å². The summed E-state index contributed by atoms with van der Waals surface area (Å²) in [6, 6.07) is 0. The molecule has 0 spiro atoms. The van der Waals surface area contributed by atoms with Crippen molar-refractivity contribution in [3.05, 3.63) is 11.8 Å². The van der Waals surface area contributed by atoms with Gasteiger partial charge < -0.3 is 4.43 Å². The highest BCUT2D eigenvalue weighted by atomic mass is 28.4. The fourth-order valence-corrected chi connectivity index (χ4v) is 6.47. The molecule has 0 aliphatic heterocycles. The van der Waals surface area contributed by atoms with E-state index in [1.807, 2.05) is 0 Å². The molecule has 0 radical (unpaired) electrons. The summed E-state index contributed by atoms with van der Waals surface area (Å²) in [5.41, 5.74) is 0.720. The van der Waals surface area contributed by atoms with Crippen LogP contribution in [0.3, 0.4) is 0 Å². The number of hydrogen-bond donors (Lipinski definition) is 0. The van der Waals surface area contributed by atoms with Gasteiger partial charge in [-0.2, -0.15) is 0 Å². The molecule has 18 heavy (non-hydrogen) atoms. The highest BCUT2D eigenvalue weighted by Crippen LogP contribution is 2.50. The molecule has 0 amide bonds. The predicted molar refractivity (Wildman–Crippen MR) is 87.3 cm³/mol. The van der Waals surface area contributed by atoms with Crippen molar-refractivity contribution >= 4 is 16.4 Å². The Bertz CT molecular complexity index is 318. The second kappa shape index (κ2) is 5.16. The van der Waals surface area contributed by atoms with Crippen LogP contribution in [0, 0.1) is 0 Å². The molecule has 0 saturated carbocycles. The quantitative estimate of drug-likeness (QED) is 0.596. The molecule has 1 aliphatic rings. The van der Waals surface area contributed by atoms with E-state index < -0.39 is 16.4 Å². The molecule has 0 unspecified atom stereocenters. The Kier molecular flexibility index (Phi) is 4.59. The van der Waals surface area contributed by atoms with Crippen molar-refractivity contribution in [3.63, 3.8) is 0 Å². The summed E-state index contributed by atoms with van der Waals surface area (Å²) in [5, 5.41) is 0.441. The first-order valence-electron chi connectivity index (χ1n) is 7.34. The maximum absolute atomic E-state index is 6.41. The van der Waals surface area contributed by atoms with Gasteiger partial charge in [0.25, 0.3) is 0 Å². The van der Waals surface area contributed by atoms with E-state index in [9.17, 15) is 0 Å². The van der Waals surface area contributed by atoms with Crippen LogP contribution in [0.5, 0.6) is 0 Å². The van der Waals surface area contributed by atoms with Gasteiger partial charge in [0.05, 0.1) is 13.8 Å². The lowest BCUT2D eigenvalue weighted by Crippen LogP contribution is -2.45. The summed E-state index contributed by atoms with van der Waals surface area (Å²) >= 11 is 0. The summed E-state index contributed by atoms with van der Waals surface area (Å²) in [4.78, 5) is 0. The summed E-state index contributed by atoms with van der Waals surface area (Å²) in [6.07, 6.45) is 6.29. The van der Waals surface area contributed by atoms with E-state index in [4.69, 9.17) is 4.43 Å². The second-order valence-corrected chi connectivity index (χ2v) is 18.3. The molecule has 1 atom stereocenters. The Morgan fingerprint density at radius 1 is 1.11 bits per heavy atom. The van der Waals surface area contributed by atoms with Crippen molar-refractivity contribution in [2.75, 3.05) is 0 Å². The molecule has 0 fully saturated rings. The van der Waals surface area contributed by atoms with E-state index in [0.29, 0.717) is 5.04 Å². The molecule has 0 bridgehead atoms. The van der Waals surface area contributed by atoms with Crippen LogP contribution in [0.15, 0.2) is 11.8 Å². The number of rotatable bonds is 3. The average Bonchev–Trinajstić information content (AvgIpc) is 2.13. The fourth-order valence-electron chi connectivity index (χ4n) is 2.56. The molecule has 3 heteroatoms. The molecule has 1 rings (SSSR count). The number of hydrogen-bond acceptors (Lipinski definition) is 1. The van der Waals surface area contributed by atoms with Gasteiger partial charge >= 0.3 is 0 Å². The van der Waals surface area contributed by atoms with E-state index >= 15 is 0 Å². The monoisotopic (exact) mass is 284 g/mol. The van der Waals surface area contributed by atoms with Crippen molar-refractivity contribution in [1.82, 2.24) is 0 Å². The van der Waals surface area contributed by atoms with Crippen LogP contribution in [0.4, 0.5) is 0 Å². The Balaban J connectivity index is 2.99. The second-order valence-electron chi connectivity index (χ2n) is 8.28. The van der Waals surface area contributed by atoms with Crippen LogP contribution in [0.25, 0.3) is 0 Å². The minimum atomic E-state index is -1.47. The zero-order valence-electron chi connectivity index (χ0n) is 13.7. The first kappa shape index (κ1) is 16.0. The molecule has 0 saturated heterocycles. The first-order chi connectivity index (χ1) is 7.95. The Hall–Kier alpha value is -0.0262. The van der Waals surface area contributed by atoms with Crippen molar-refractivity contribution in [3.8, 4) is 0 Å². The summed E-state index contributed by atoms with van der Waals surface area (Å²) in [6.45, 7) is 19.2. The highest BCUT2D eigenvalue weighted by molar-refractivity contribution is 6.82. The maximum atomic E-state index is 6.41. The van der Waals surface area contributed by atoms with Gasteiger partial charge in [-0.1, -0.05) is 33.9 Å². The van der Waals surface area contributed by atoms with Crippen LogP contribution >= 0.6 is 0 Å². The van der Waals surface area contributed by atoms with Crippen molar-refractivity contribution in [1.29, 1.82) is 0 Å². The van der Waals surface area contributed by atoms with Gasteiger partial charge in [0, 0.05) is 5.54 Å². The van der Waals surface area contributed by atoms with E-state index in [-0.39, 0.29) is 0 Å². The van der Waals surface area contributed by atoms with Crippen LogP contribution < -0.4 is 0 Å². The molecular formula is C15H32OSi2. The lowest BCUT2D eigenvalue weighted by Gasteiger charge is -2.46. The fraction of sp³-hybridized carbons (Fsp3) is 0.867. The SMILES string of the molecule is CC(C)(C)[Si](C)(C)[C@@H]1CCCC=C1O[Si](C)(C)C. The average molecular weight is 285 g/mol. The van der Waals surface area contributed by atoms with Crippen molar-refractivity contribution < 1.29 is 4.43 Å². The Labute approximate surface area is 116 Å². The lowest BCUT2D eigenvalue weighted by atomic mass is 10.1.